The molecule has 82 valence electrons. The van der Waals surface area contributed by atoms with Gasteiger partial charge in [-0.1, -0.05) is 18.2 Å². The minimum Gasteiger partial charge on any atom is -0.421 e. The summed E-state index contributed by atoms with van der Waals surface area (Å²) in [6.07, 6.45) is 0. The third-order valence-corrected chi connectivity index (χ3v) is 2.06. The molecule has 0 bridgehead atoms. The number of thiocarbonyl (C=S) groups is 1. The highest BCUT2D eigenvalue weighted by Gasteiger charge is 2.03. The standard InChI is InChI=1S/C10H9N3O2S/c11-10(16)13-12-7-5-6-3-1-2-4-8(6)15-9(7)14/h1-5,12H,(H3,11,13,16). The number of hydrogen-bond donors (Lipinski definition) is 3. The smallest absolute Gasteiger partial charge is 0.361 e. The fraction of sp³-hybridized carbons (Fsp3) is 0. The van der Waals surface area contributed by atoms with Crippen LogP contribution in [0.2, 0.25) is 0 Å². The van der Waals surface area contributed by atoms with Gasteiger partial charge >= 0.3 is 5.63 Å². The van der Waals surface area contributed by atoms with Crippen molar-refractivity contribution < 1.29 is 4.42 Å². The van der Waals surface area contributed by atoms with Crippen LogP contribution < -0.4 is 22.2 Å². The van der Waals surface area contributed by atoms with Gasteiger partial charge in [-0.3, -0.25) is 10.9 Å². The SMILES string of the molecule is NC(=S)NNc1cc2ccccc2oc1=O. The number of rotatable bonds is 2. The highest BCUT2D eigenvalue weighted by Crippen LogP contribution is 2.14. The lowest BCUT2D eigenvalue weighted by Gasteiger charge is -2.06. The first kappa shape index (κ1) is 10.4. The fourth-order valence-electron chi connectivity index (χ4n) is 1.28. The van der Waals surface area contributed by atoms with E-state index in [-0.39, 0.29) is 10.8 Å². The normalized spacial score (nSPS) is 10.0. The van der Waals surface area contributed by atoms with Gasteiger partial charge in [0.2, 0.25) is 0 Å². The Morgan fingerprint density at radius 3 is 2.88 bits per heavy atom. The molecular formula is C10H9N3O2S. The van der Waals surface area contributed by atoms with E-state index in [0.29, 0.717) is 5.58 Å². The molecule has 0 aliphatic carbocycles. The second kappa shape index (κ2) is 4.19. The summed E-state index contributed by atoms with van der Waals surface area (Å²) in [5, 5.41) is 0.863. The second-order valence-corrected chi connectivity index (χ2v) is 3.54. The van der Waals surface area contributed by atoms with Crippen molar-refractivity contribution in [1.82, 2.24) is 5.43 Å². The summed E-state index contributed by atoms with van der Waals surface area (Å²) < 4.78 is 5.08. The first-order chi connectivity index (χ1) is 7.66. The zero-order valence-corrected chi connectivity index (χ0v) is 9.01. The van der Waals surface area contributed by atoms with Crippen molar-refractivity contribution in [3.63, 3.8) is 0 Å². The lowest BCUT2D eigenvalue weighted by Crippen LogP contribution is -2.35. The number of para-hydroxylation sites is 1. The Morgan fingerprint density at radius 1 is 1.38 bits per heavy atom. The van der Waals surface area contributed by atoms with Gasteiger partial charge in [0, 0.05) is 5.39 Å². The van der Waals surface area contributed by atoms with Crippen LogP contribution in [0.25, 0.3) is 11.0 Å². The van der Waals surface area contributed by atoms with Gasteiger partial charge in [-0.15, -0.1) is 0 Å². The van der Waals surface area contributed by atoms with Gasteiger partial charge in [0.25, 0.3) is 0 Å². The van der Waals surface area contributed by atoms with Gasteiger partial charge in [0.1, 0.15) is 11.3 Å². The van der Waals surface area contributed by atoms with Gasteiger partial charge < -0.3 is 10.2 Å². The number of nitrogens with one attached hydrogen (secondary N) is 2. The molecule has 0 amide bonds. The molecule has 0 spiro atoms. The molecule has 0 aliphatic rings. The van der Waals surface area contributed by atoms with E-state index in [4.69, 9.17) is 10.2 Å². The quantitative estimate of drug-likeness (QED) is 0.408. The Labute approximate surface area is 96.2 Å². The molecule has 1 aromatic carbocycles. The second-order valence-electron chi connectivity index (χ2n) is 3.10. The van der Waals surface area contributed by atoms with Crippen LogP contribution in [0, 0.1) is 0 Å². The predicted octanol–water partition coefficient (Wildman–Crippen LogP) is 0.953. The van der Waals surface area contributed by atoms with Crippen LogP contribution in [0.4, 0.5) is 5.69 Å². The van der Waals surface area contributed by atoms with Crippen molar-refractivity contribution in [2.45, 2.75) is 0 Å². The number of anilines is 1. The maximum Gasteiger partial charge on any atom is 0.361 e. The first-order valence-electron chi connectivity index (χ1n) is 4.51. The van der Waals surface area contributed by atoms with E-state index in [9.17, 15) is 4.79 Å². The summed E-state index contributed by atoms with van der Waals surface area (Å²) in [6, 6.07) is 8.87. The summed E-state index contributed by atoms with van der Waals surface area (Å²) >= 11 is 4.61. The summed E-state index contributed by atoms with van der Waals surface area (Å²) in [5.41, 5.74) is 10.6. The maximum absolute atomic E-state index is 11.5. The summed E-state index contributed by atoms with van der Waals surface area (Å²) in [7, 11) is 0. The third-order valence-electron chi connectivity index (χ3n) is 1.96. The molecule has 0 saturated heterocycles. The third kappa shape index (κ3) is 2.12. The van der Waals surface area contributed by atoms with E-state index in [1.807, 2.05) is 12.1 Å². The van der Waals surface area contributed by atoms with Crippen LogP contribution in [-0.2, 0) is 0 Å². The largest absolute Gasteiger partial charge is 0.421 e. The summed E-state index contributed by atoms with van der Waals surface area (Å²) in [5.74, 6) is 0. The molecular weight excluding hydrogens is 226 g/mol. The molecule has 4 N–H and O–H groups in total. The highest BCUT2D eigenvalue weighted by molar-refractivity contribution is 7.80. The predicted molar refractivity (Wildman–Crippen MR) is 66.0 cm³/mol. The molecule has 2 rings (SSSR count). The molecule has 0 aliphatic heterocycles. The number of hydrazine groups is 1. The first-order valence-corrected chi connectivity index (χ1v) is 4.92. The van der Waals surface area contributed by atoms with Crippen molar-refractivity contribution >= 4 is 34.0 Å². The van der Waals surface area contributed by atoms with Crippen LogP contribution in [0.1, 0.15) is 0 Å². The zero-order valence-electron chi connectivity index (χ0n) is 8.19. The van der Waals surface area contributed by atoms with Crippen molar-refractivity contribution in [2.24, 2.45) is 5.73 Å². The molecule has 16 heavy (non-hydrogen) atoms. The number of nitrogens with two attached hydrogens (primary N) is 1. The van der Waals surface area contributed by atoms with Crippen LogP contribution >= 0.6 is 12.2 Å². The zero-order chi connectivity index (χ0) is 11.5. The number of benzene rings is 1. The van der Waals surface area contributed by atoms with E-state index in [1.54, 1.807) is 18.2 Å². The topological polar surface area (TPSA) is 80.3 Å². The van der Waals surface area contributed by atoms with E-state index in [1.165, 1.54) is 0 Å². The molecule has 0 fully saturated rings. The molecule has 1 heterocycles. The van der Waals surface area contributed by atoms with E-state index in [0.717, 1.165) is 5.39 Å². The van der Waals surface area contributed by atoms with Gasteiger partial charge in [-0.05, 0) is 24.4 Å². The monoisotopic (exact) mass is 235 g/mol. The maximum atomic E-state index is 11.5. The van der Waals surface area contributed by atoms with Gasteiger partial charge in [0.05, 0.1) is 0 Å². The van der Waals surface area contributed by atoms with Crippen molar-refractivity contribution in [1.29, 1.82) is 0 Å². The van der Waals surface area contributed by atoms with Crippen molar-refractivity contribution in [3.05, 3.63) is 40.8 Å². The van der Waals surface area contributed by atoms with Crippen molar-refractivity contribution in [3.8, 4) is 0 Å². The minimum atomic E-state index is -0.484. The molecule has 2 aromatic rings. The highest BCUT2D eigenvalue weighted by atomic mass is 32.1. The molecule has 0 atom stereocenters. The van der Waals surface area contributed by atoms with Gasteiger partial charge in [-0.25, -0.2) is 4.79 Å². The lowest BCUT2D eigenvalue weighted by atomic mass is 10.2. The summed E-state index contributed by atoms with van der Waals surface area (Å²) in [6.45, 7) is 0. The Balaban J connectivity index is 2.42. The summed E-state index contributed by atoms with van der Waals surface area (Å²) in [4.78, 5) is 11.5. The minimum absolute atomic E-state index is 0.0487. The molecule has 1 aromatic heterocycles. The lowest BCUT2D eigenvalue weighted by molar-refractivity contribution is 0.562. The van der Waals surface area contributed by atoms with Crippen LogP contribution in [0.15, 0.2) is 39.5 Å². The fourth-order valence-corrected chi connectivity index (χ4v) is 1.33. The molecule has 0 saturated carbocycles. The van der Waals surface area contributed by atoms with Crippen LogP contribution in [0.5, 0.6) is 0 Å². The number of hydrogen-bond acceptors (Lipinski definition) is 4. The average molecular weight is 235 g/mol. The molecule has 0 unspecified atom stereocenters. The number of fused-ring (bicyclic) bond motifs is 1. The average Bonchev–Trinajstić information content (AvgIpc) is 2.26. The Bertz CT molecular complexity index is 594. The molecule has 0 radical (unpaired) electrons. The Kier molecular flexibility index (Phi) is 2.74. The Morgan fingerprint density at radius 2 is 2.12 bits per heavy atom. The van der Waals surface area contributed by atoms with Gasteiger partial charge in [0.15, 0.2) is 5.11 Å². The van der Waals surface area contributed by atoms with E-state index >= 15 is 0 Å². The van der Waals surface area contributed by atoms with Crippen LogP contribution in [-0.4, -0.2) is 5.11 Å². The van der Waals surface area contributed by atoms with E-state index < -0.39 is 5.63 Å². The van der Waals surface area contributed by atoms with Crippen molar-refractivity contribution in [2.75, 3.05) is 5.43 Å². The van der Waals surface area contributed by atoms with E-state index in [2.05, 4.69) is 23.1 Å². The molecule has 6 heteroatoms. The van der Waals surface area contributed by atoms with Crippen LogP contribution in [0.3, 0.4) is 0 Å². The van der Waals surface area contributed by atoms with Gasteiger partial charge in [-0.2, -0.15) is 0 Å². The molecule has 5 nitrogen and oxygen atoms in total. The Hall–Kier alpha value is -2.08.